The van der Waals surface area contributed by atoms with Crippen LogP contribution in [-0.2, 0) is 10.2 Å². The Morgan fingerprint density at radius 3 is 2.18 bits per heavy atom. The topological polar surface area (TPSA) is 103 Å². The van der Waals surface area contributed by atoms with Gasteiger partial charge in [0, 0.05) is 53.1 Å². The van der Waals surface area contributed by atoms with E-state index in [9.17, 15) is 14.9 Å². The molecular weight excluding hydrogens is 582 g/mol. The molecule has 8 nitrogen and oxygen atoms in total. The molecular formula is C36H41N5O3S. The molecule has 3 heterocycles. The molecule has 0 bridgehead atoms. The van der Waals surface area contributed by atoms with Gasteiger partial charge in [0.15, 0.2) is 0 Å². The lowest BCUT2D eigenvalue weighted by Crippen LogP contribution is -2.56. The van der Waals surface area contributed by atoms with Crippen LogP contribution < -0.4 is 10.6 Å². The van der Waals surface area contributed by atoms with Gasteiger partial charge < -0.3 is 25.2 Å². The summed E-state index contributed by atoms with van der Waals surface area (Å²) in [6, 6.07) is 28.8. The number of ether oxygens (including phenoxy) is 1. The normalized spacial score (nSPS) is 20.7. The third-order valence-corrected chi connectivity index (χ3v) is 10.9. The lowest BCUT2D eigenvalue weighted by Gasteiger charge is -2.48. The maximum Gasteiger partial charge on any atom is 0.409 e. The number of amides is 2. The Bertz CT molecular complexity index is 1510. The second-order valence-electron chi connectivity index (χ2n) is 12.5. The summed E-state index contributed by atoms with van der Waals surface area (Å²) >= 11 is 1.67. The zero-order valence-corrected chi connectivity index (χ0v) is 26.6. The van der Waals surface area contributed by atoms with E-state index in [0.717, 1.165) is 73.8 Å². The van der Waals surface area contributed by atoms with E-state index in [0.29, 0.717) is 18.0 Å². The van der Waals surface area contributed by atoms with Gasteiger partial charge in [-0.2, -0.15) is 5.26 Å². The van der Waals surface area contributed by atoms with E-state index in [1.807, 2.05) is 30.3 Å². The second-order valence-corrected chi connectivity index (χ2v) is 13.6. The Morgan fingerprint density at radius 2 is 1.58 bits per heavy atom. The fraction of sp³-hybridized carbons (Fsp3) is 0.417. The molecule has 3 fully saturated rings. The average molecular weight is 624 g/mol. The Balaban J connectivity index is 1.03. The van der Waals surface area contributed by atoms with Crippen LogP contribution in [0.2, 0.25) is 0 Å². The lowest BCUT2D eigenvalue weighted by atomic mass is 9.62. The predicted molar refractivity (Wildman–Crippen MR) is 176 cm³/mol. The van der Waals surface area contributed by atoms with Gasteiger partial charge in [0.2, 0.25) is 5.91 Å². The summed E-state index contributed by atoms with van der Waals surface area (Å²) in [5, 5.41) is 10.9. The number of hydrogen-bond acceptors (Lipinski definition) is 7. The number of carbonyl (C=O) groups excluding carboxylic acids is 2. The minimum atomic E-state index is -0.747. The SMILES string of the molecule is COC(=O)N1CCCC1C(C#N)(c1ccccc1)C1CCN(CC2CN(c3ccc(Sc4ccc(C(N)=O)cc4)cc3)C2)CC1. The summed E-state index contributed by atoms with van der Waals surface area (Å²) in [6.45, 7) is 5.73. The fourth-order valence-electron chi connectivity index (χ4n) is 7.60. The number of piperidine rings is 1. The van der Waals surface area contributed by atoms with E-state index < -0.39 is 11.3 Å². The Labute approximate surface area is 270 Å². The first kappa shape index (κ1) is 31.0. The minimum absolute atomic E-state index is 0.173. The molecule has 0 aromatic heterocycles. The standard InChI is InChI=1S/C36H41N5O3S/c1-44-35(43)41-19-5-8-33(41)36(25-37,28-6-3-2-4-7-28)29-17-20-39(21-18-29)22-26-23-40(24-26)30-11-15-32(16-12-30)45-31-13-9-27(10-14-31)34(38)42/h2-4,6-7,9-16,26,29,33H,5,8,17-24H2,1H3,(H2,38,42). The van der Waals surface area contributed by atoms with Crippen molar-refractivity contribution in [3.8, 4) is 6.07 Å². The van der Waals surface area contributed by atoms with Crippen molar-refractivity contribution in [2.24, 2.45) is 17.6 Å². The van der Waals surface area contributed by atoms with E-state index in [1.165, 1.54) is 12.8 Å². The molecule has 0 spiro atoms. The number of methoxy groups -OCH3 is 1. The summed E-state index contributed by atoms with van der Waals surface area (Å²) in [4.78, 5) is 33.1. The fourth-order valence-corrected chi connectivity index (χ4v) is 8.42. The minimum Gasteiger partial charge on any atom is -0.453 e. The van der Waals surface area contributed by atoms with Gasteiger partial charge in [0.05, 0.1) is 19.2 Å². The van der Waals surface area contributed by atoms with Crippen LogP contribution in [0, 0.1) is 23.2 Å². The largest absolute Gasteiger partial charge is 0.453 e. The van der Waals surface area contributed by atoms with Crippen LogP contribution in [0.25, 0.3) is 0 Å². The Kier molecular flexibility index (Phi) is 9.34. The molecule has 0 aliphatic carbocycles. The maximum atomic E-state index is 12.7. The van der Waals surface area contributed by atoms with Gasteiger partial charge in [-0.1, -0.05) is 42.1 Å². The molecule has 45 heavy (non-hydrogen) atoms. The third kappa shape index (κ3) is 6.40. The number of nitrogens with zero attached hydrogens (tertiary/aromatic N) is 4. The smallest absolute Gasteiger partial charge is 0.409 e. The number of carbonyl (C=O) groups is 2. The van der Waals surface area contributed by atoms with E-state index in [2.05, 4.69) is 52.3 Å². The third-order valence-electron chi connectivity index (χ3n) is 9.91. The van der Waals surface area contributed by atoms with Crippen LogP contribution in [0.3, 0.4) is 0 Å². The van der Waals surface area contributed by atoms with Crippen LogP contribution in [0.5, 0.6) is 0 Å². The van der Waals surface area contributed by atoms with Gasteiger partial charge in [-0.05, 0) is 98.8 Å². The quantitative estimate of drug-likeness (QED) is 0.323. The summed E-state index contributed by atoms with van der Waals surface area (Å²) in [7, 11) is 1.43. The van der Waals surface area contributed by atoms with Crippen molar-refractivity contribution >= 4 is 29.4 Å². The Hall–Kier alpha value is -4.00. The van der Waals surface area contributed by atoms with Gasteiger partial charge in [-0.3, -0.25) is 4.79 Å². The molecule has 2 unspecified atom stereocenters. The highest BCUT2D eigenvalue weighted by Gasteiger charge is 2.53. The number of anilines is 1. The number of primary amides is 1. The van der Waals surface area contributed by atoms with Crippen LogP contribution in [0.4, 0.5) is 10.5 Å². The number of benzene rings is 3. The van der Waals surface area contributed by atoms with Crippen molar-refractivity contribution in [3.63, 3.8) is 0 Å². The summed E-state index contributed by atoms with van der Waals surface area (Å²) in [6.07, 6.45) is 3.26. The van der Waals surface area contributed by atoms with E-state index in [-0.39, 0.29) is 18.1 Å². The monoisotopic (exact) mass is 623 g/mol. The molecule has 3 aromatic carbocycles. The van der Waals surface area contributed by atoms with Gasteiger partial charge >= 0.3 is 6.09 Å². The molecule has 2 atom stereocenters. The molecule has 2 N–H and O–H groups in total. The first-order valence-corrected chi connectivity index (χ1v) is 16.7. The molecule has 0 radical (unpaired) electrons. The molecule has 9 heteroatoms. The van der Waals surface area contributed by atoms with Crippen molar-refractivity contribution in [1.82, 2.24) is 9.80 Å². The molecule has 234 valence electrons. The number of rotatable bonds is 9. The summed E-state index contributed by atoms with van der Waals surface area (Å²) < 4.78 is 5.14. The van der Waals surface area contributed by atoms with Crippen LogP contribution >= 0.6 is 11.8 Å². The van der Waals surface area contributed by atoms with Crippen molar-refractivity contribution in [1.29, 1.82) is 5.26 Å². The highest BCUT2D eigenvalue weighted by atomic mass is 32.2. The molecule has 6 rings (SSSR count). The molecule has 2 amide bonds. The zero-order chi connectivity index (χ0) is 31.4. The van der Waals surface area contributed by atoms with Crippen molar-refractivity contribution in [3.05, 3.63) is 90.0 Å². The number of nitriles is 1. The predicted octanol–water partition coefficient (Wildman–Crippen LogP) is 5.78. The highest BCUT2D eigenvalue weighted by molar-refractivity contribution is 7.99. The number of likely N-dealkylation sites (tertiary alicyclic amines) is 2. The lowest BCUT2D eigenvalue weighted by molar-refractivity contribution is 0.0705. The van der Waals surface area contributed by atoms with Crippen LogP contribution in [0.1, 0.15) is 41.6 Å². The molecule has 3 saturated heterocycles. The first-order chi connectivity index (χ1) is 21.9. The van der Waals surface area contributed by atoms with Gasteiger partial charge in [-0.15, -0.1) is 0 Å². The Morgan fingerprint density at radius 1 is 0.933 bits per heavy atom. The molecule has 3 aromatic rings. The van der Waals surface area contributed by atoms with Gasteiger partial charge in [0.1, 0.15) is 5.41 Å². The number of nitrogens with two attached hydrogens (primary N) is 1. The first-order valence-electron chi connectivity index (χ1n) is 15.9. The van der Waals surface area contributed by atoms with Crippen LogP contribution in [-0.4, -0.2) is 74.2 Å². The summed E-state index contributed by atoms with van der Waals surface area (Å²) in [5.41, 5.74) is 7.38. The molecule has 0 saturated carbocycles. The van der Waals surface area contributed by atoms with Gasteiger partial charge in [0.25, 0.3) is 0 Å². The van der Waals surface area contributed by atoms with Crippen molar-refractivity contribution in [2.75, 3.05) is 51.3 Å². The average Bonchev–Trinajstić information content (AvgIpc) is 3.55. The van der Waals surface area contributed by atoms with Crippen LogP contribution in [0.15, 0.2) is 88.7 Å². The van der Waals surface area contributed by atoms with E-state index in [4.69, 9.17) is 10.5 Å². The van der Waals surface area contributed by atoms with Crippen molar-refractivity contribution < 1.29 is 14.3 Å². The second kappa shape index (κ2) is 13.6. The van der Waals surface area contributed by atoms with Gasteiger partial charge in [-0.25, -0.2) is 4.79 Å². The molecule has 3 aliphatic rings. The van der Waals surface area contributed by atoms with Crippen molar-refractivity contribution in [2.45, 2.75) is 46.9 Å². The highest BCUT2D eigenvalue weighted by Crippen LogP contribution is 2.46. The van der Waals surface area contributed by atoms with E-state index in [1.54, 1.807) is 28.8 Å². The summed E-state index contributed by atoms with van der Waals surface area (Å²) in [5.74, 6) is 0.385. The number of hydrogen-bond donors (Lipinski definition) is 1. The maximum absolute atomic E-state index is 12.7. The zero-order valence-electron chi connectivity index (χ0n) is 25.8. The van der Waals surface area contributed by atoms with E-state index >= 15 is 0 Å². The molecule has 3 aliphatic heterocycles.